The van der Waals surface area contributed by atoms with Gasteiger partial charge in [0.2, 0.25) is 0 Å². The number of aliphatic hydroxyl groups excluding tert-OH is 1. The molecule has 4 aromatic rings. The molecule has 2 aromatic carbocycles. The van der Waals surface area contributed by atoms with Crippen molar-refractivity contribution in [2.24, 2.45) is 0 Å². The number of halogens is 3. The highest BCUT2D eigenvalue weighted by Crippen LogP contribution is 2.35. The Balaban J connectivity index is 1.34. The van der Waals surface area contributed by atoms with Crippen LogP contribution in [0.25, 0.3) is 0 Å². The molecule has 0 saturated carbocycles. The predicted molar refractivity (Wildman–Crippen MR) is 179 cm³/mol. The number of thiazole rings is 1. The maximum Gasteiger partial charge on any atom is 0.263 e. The third kappa shape index (κ3) is 8.29. The number of carbonyl (C=O) groups is 2. The molecule has 48 heavy (non-hydrogen) atoms. The van der Waals surface area contributed by atoms with E-state index < -0.39 is 47.7 Å². The van der Waals surface area contributed by atoms with Crippen LogP contribution in [-0.4, -0.2) is 50.5 Å². The number of amides is 2. The van der Waals surface area contributed by atoms with Crippen molar-refractivity contribution < 1.29 is 27.9 Å². The van der Waals surface area contributed by atoms with Gasteiger partial charge in [0.15, 0.2) is 0 Å². The normalized spacial score (nSPS) is 16.9. The predicted octanol–water partition coefficient (Wildman–Crippen LogP) is 6.98. The molecule has 1 saturated heterocycles. The van der Waals surface area contributed by atoms with Crippen molar-refractivity contribution in [2.75, 3.05) is 6.54 Å². The van der Waals surface area contributed by atoms with Crippen LogP contribution in [0.2, 0.25) is 0 Å². The first-order valence-corrected chi connectivity index (χ1v) is 16.8. The minimum Gasteiger partial charge on any atom is -0.389 e. The summed E-state index contributed by atoms with van der Waals surface area (Å²) in [5, 5.41) is 20.3. The molecule has 1 aliphatic rings. The molecule has 1 aliphatic heterocycles. The quantitative estimate of drug-likeness (QED) is 0.149. The number of hydrogen-bond acceptors (Lipinski definition) is 7. The molecule has 3 heterocycles. The Morgan fingerprint density at radius 3 is 2.48 bits per heavy atom. The summed E-state index contributed by atoms with van der Waals surface area (Å²) in [4.78, 5) is 37.5. The van der Waals surface area contributed by atoms with Gasteiger partial charge < -0.3 is 20.6 Å². The van der Waals surface area contributed by atoms with Gasteiger partial charge in [-0.3, -0.25) is 14.6 Å². The SMILES string of the molecule is Cc1csc(C2CCCN2C(=O)c2cc(C(=O)NC(C)C(O)C(NCc3cncc(C(C)(C)F)c3)c3ccccc3)cc(C(F)F)c2)n1. The van der Waals surface area contributed by atoms with E-state index in [1.165, 1.54) is 37.4 Å². The second-order valence-electron chi connectivity index (χ2n) is 12.7. The largest absolute Gasteiger partial charge is 0.389 e. The van der Waals surface area contributed by atoms with Gasteiger partial charge in [-0.1, -0.05) is 30.3 Å². The van der Waals surface area contributed by atoms with Crippen molar-refractivity contribution >= 4 is 23.2 Å². The molecule has 8 nitrogen and oxygen atoms in total. The van der Waals surface area contributed by atoms with Gasteiger partial charge in [-0.05, 0) is 75.9 Å². The van der Waals surface area contributed by atoms with Gasteiger partial charge in [0, 0.05) is 58.8 Å². The van der Waals surface area contributed by atoms with Crippen LogP contribution in [0.5, 0.6) is 0 Å². The summed E-state index contributed by atoms with van der Waals surface area (Å²) in [6, 6.07) is 12.6. The lowest BCUT2D eigenvalue weighted by molar-refractivity contribution is 0.0732. The zero-order valence-electron chi connectivity index (χ0n) is 27.3. The number of carbonyl (C=O) groups excluding carboxylic acids is 2. The van der Waals surface area contributed by atoms with E-state index in [9.17, 15) is 27.9 Å². The summed E-state index contributed by atoms with van der Waals surface area (Å²) in [6.07, 6.45) is 0.459. The molecule has 0 spiro atoms. The number of nitrogens with zero attached hydrogens (tertiary/aromatic N) is 3. The first kappa shape index (κ1) is 35.2. The van der Waals surface area contributed by atoms with Gasteiger partial charge >= 0.3 is 0 Å². The maximum atomic E-state index is 14.6. The minimum absolute atomic E-state index is 0.0116. The van der Waals surface area contributed by atoms with E-state index in [1.807, 2.05) is 42.6 Å². The van der Waals surface area contributed by atoms with Crippen LogP contribution >= 0.6 is 11.3 Å². The minimum atomic E-state index is -2.91. The van der Waals surface area contributed by atoms with E-state index in [0.29, 0.717) is 24.1 Å². The van der Waals surface area contributed by atoms with E-state index in [-0.39, 0.29) is 23.7 Å². The standard InChI is InChI=1S/C36H40F3N5O3S/c1-21-20-48-34(42-21)29-11-8-12-44(29)35(47)27-15-25(32(37)38)14-26(16-27)33(46)43-22(2)31(45)30(24-9-6-5-7-10-24)41-18-23-13-28(19-40-17-23)36(3,4)39/h5-7,9-10,13-17,19-20,22,29-32,41,45H,8,11-12,18H2,1-4H3,(H,43,46). The molecule has 2 amide bonds. The molecule has 0 aliphatic carbocycles. The summed E-state index contributed by atoms with van der Waals surface area (Å²) in [6.45, 7) is 7.08. The average molecular weight is 680 g/mol. The molecule has 5 rings (SSSR count). The van der Waals surface area contributed by atoms with Crippen LogP contribution in [0.1, 0.15) is 106 Å². The number of nitrogens with one attached hydrogen (secondary N) is 2. The lowest BCUT2D eigenvalue weighted by Crippen LogP contribution is -2.47. The summed E-state index contributed by atoms with van der Waals surface area (Å²) in [5.74, 6) is -1.15. The lowest BCUT2D eigenvalue weighted by atomic mass is 9.95. The first-order valence-electron chi connectivity index (χ1n) is 15.9. The highest BCUT2D eigenvalue weighted by Gasteiger charge is 2.34. The third-order valence-electron chi connectivity index (χ3n) is 8.53. The van der Waals surface area contributed by atoms with Crippen molar-refractivity contribution in [1.29, 1.82) is 0 Å². The number of benzene rings is 2. The number of aryl methyl sites for hydroxylation is 1. The van der Waals surface area contributed by atoms with Gasteiger partial charge in [-0.2, -0.15) is 0 Å². The Morgan fingerprint density at radius 2 is 1.81 bits per heavy atom. The topological polar surface area (TPSA) is 107 Å². The molecule has 2 aromatic heterocycles. The molecule has 4 unspecified atom stereocenters. The third-order valence-corrected chi connectivity index (χ3v) is 9.59. The van der Waals surface area contributed by atoms with Gasteiger partial charge in [0.25, 0.3) is 18.2 Å². The molecule has 4 atom stereocenters. The van der Waals surface area contributed by atoms with Gasteiger partial charge in [-0.25, -0.2) is 18.2 Å². The van der Waals surface area contributed by atoms with Crippen LogP contribution in [0.4, 0.5) is 13.2 Å². The summed E-state index contributed by atoms with van der Waals surface area (Å²) in [7, 11) is 0. The maximum absolute atomic E-state index is 14.6. The van der Waals surface area contributed by atoms with Crippen LogP contribution in [0.15, 0.2) is 72.4 Å². The van der Waals surface area contributed by atoms with Gasteiger partial charge in [0.05, 0.1) is 24.2 Å². The number of alkyl halides is 3. The Kier molecular flexibility index (Phi) is 11.0. The molecule has 3 N–H and O–H groups in total. The van der Waals surface area contributed by atoms with Crippen molar-refractivity contribution in [1.82, 2.24) is 25.5 Å². The summed E-state index contributed by atoms with van der Waals surface area (Å²) < 4.78 is 42.6. The van der Waals surface area contributed by atoms with Gasteiger partial charge in [0.1, 0.15) is 10.7 Å². The van der Waals surface area contributed by atoms with E-state index in [0.717, 1.165) is 34.8 Å². The molecular weight excluding hydrogens is 639 g/mol. The number of likely N-dealkylation sites (tertiary alicyclic amines) is 1. The fourth-order valence-corrected chi connectivity index (χ4v) is 6.83. The first-order chi connectivity index (χ1) is 22.8. The van der Waals surface area contributed by atoms with Crippen molar-refractivity contribution in [3.63, 3.8) is 0 Å². The number of aromatic nitrogens is 2. The highest BCUT2D eigenvalue weighted by atomic mass is 32.1. The number of pyridine rings is 1. The monoisotopic (exact) mass is 679 g/mol. The Labute approximate surface area is 282 Å². The van der Waals surface area contributed by atoms with E-state index in [4.69, 9.17) is 0 Å². The van der Waals surface area contributed by atoms with Gasteiger partial charge in [-0.15, -0.1) is 11.3 Å². The molecule has 0 bridgehead atoms. The second kappa shape index (κ2) is 15.0. The second-order valence-corrected chi connectivity index (χ2v) is 13.6. The zero-order valence-corrected chi connectivity index (χ0v) is 28.1. The van der Waals surface area contributed by atoms with Crippen molar-refractivity contribution in [3.05, 3.63) is 116 Å². The zero-order chi connectivity index (χ0) is 34.6. The fraction of sp³-hybridized carbons (Fsp3) is 0.389. The Bertz CT molecular complexity index is 1730. The molecule has 1 fully saturated rings. The van der Waals surface area contributed by atoms with Crippen LogP contribution in [0, 0.1) is 6.92 Å². The van der Waals surface area contributed by atoms with Crippen LogP contribution in [0.3, 0.4) is 0 Å². The molecule has 254 valence electrons. The summed E-state index contributed by atoms with van der Waals surface area (Å²) >= 11 is 1.46. The van der Waals surface area contributed by atoms with Crippen LogP contribution in [-0.2, 0) is 12.2 Å². The smallest absolute Gasteiger partial charge is 0.263 e. The van der Waals surface area contributed by atoms with Crippen molar-refractivity contribution in [2.45, 2.75) is 83.4 Å². The van der Waals surface area contributed by atoms with E-state index >= 15 is 0 Å². The lowest BCUT2D eigenvalue weighted by Gasteiger charge is -2.30. The summed E-state index contributed by atoms with van der Waals surface area (Å²) in [5.41, 5.74) is 0.555. The number of rotatable bonds is 12. The van der Waals surface area contributed by atoms with E-state index in [2.05, 4.69) is 20.6 Å². The Hall–Kier alpha value is -4.13. The highest BCUT2D eigenvalue weighted by molar-refractivity contribution is 7.09. The number of hydrogen-bond donors (Lipinski definition) is 3. The molecule has 12 heteroatoms. The van der Waals surface area contributed by atoms with E-state index in [1.54, 1.807) is 24.1 Å². The number of aliphatic hydroxyl groups is 1. The Morgan fingerprint density at radius 1 is 1.08 bits per heavy atom. The average Bonchev–Trinajstić information content (AvgIpc) is 3.73. The molecular formula is C36H40F3N5O3S. The molecule has 0 radical (unpaired) electrons. The van der Waals surface area contributed by atoms with Crippen molar-refractivity contribution in [3.8, 4) is 0 Å². The van der Waals surface area contributed by atoms with Crippen LogP contribution < -0.4 is 10.6 Å². The fourth-order valence-electron chi connectivity index (χ4n) is 5.89.